The SMILES string of the molecule is CCOC(=O)C1=C(C)N=c2s/c(=C/c3ccc(-c4cc(Br)ccc4Br)o3)c(=O)n2[C@H]1c1cc(OC)c(OC)c(OC)c1. The Bertz CT molecular complexity index is 1880. The second-order valence-corrected chi connectivity index (χ2v) is 11.9. The van der Waals surface area contributed by atoms with Gasteiger partial charge in [-0.15, -0.1) is 0 Å². The highest BCUT2D eigenvalue weighted by Crippen LogP contribution is 2.42. The number of carbonyl (C=O) groups excluding carboxylic acids is 1. The van der Waals surface area contributed by atoms with Crippen LogP contribution in [0, 0.1) is 0 Å². The number of carbonyl (C=O) groups is 1. The predicted molar refractivity (Wildman–Crippen MR) is 166 cm³/mol. The molecule has 0 bridgehead atoms. The minimum atomic E-state index is -0.860. The quantitative estimate of drug-likeness (QED) is 0.219. The maximum Gasteiger partial charge on any atom is 0.338 e. The van der Waals surface area contributed by atoms with E-state index in [9.17, 15) is 9.59 Å². The van der Waals surface area contributed by atoms with Gasteiger partial charge in [-0.1, -0.05) is 43.2 Å². The Morgan fingerprint density at radius 3 is 2.43 bits per heavy atom. The van der Waals surface area contributed by atoms with E-state index in [1.807, 2.05) is 24.3 Å². The molecule has 0 aliphatic carbocycles. The van der Waals surface area contributed by atoms with Gasteiger partial charge in [-0.2, -0.15) is 0 Å². The van der Waals surface area contributed by atoms with Gasteiger partial charge in [0.25, 0.3) is 5.56 Å². The van der Waals surface area contributed by atoms with Crippen molar-refractivity contribution in [1.29, 1.82) is 0 Å². The fraction of sp³-hybridized carbons (Fsp3) is 0.233. The van der Waals surface area contributed by atoms with Gasteiger partial charge in [-0.3, -0.25) is 9.36 Å². The molecule has 2 aromatic carbocycles. The zero-order chi connectivity index (χ0) is 30.1. The Labute approximate surface area is 262 Å². The molecule has 42 heavy (non-hydrogen) atoms. The fourth-order valence-electron chi connectivity index (χ4n) is 4.76. The first kappa shape index (κ1) is 29.9. The number of ether oxygens (including phenoxy) is 4. The smallest absolute Gasteiger partial charge is 0.338 e. The van der Waals surface area contributed by atoms with Crippen LogP contribution in [0.1, 0.15) is 31.2 Å². The van der Waals surface area contributed by atoms with Crippen LogP contribution in [0.2, 0.25) is 0 Å². The van der Waals surface area contributed by atoms with Crippen LogP contribution in [0.25, 0.3) is 17.4 Å². The van der Waals surface area contributed by atoms with Crippen LogP contribution in [-0.4, -0.2) is 38.5 Å². The molecule has 1 aliphatic rings. The molecule has 0 fully saturated rings. The first-order chi connectivity index (χ1) is 20.2. The zero-order valence-corrected chi connectivity index (χ0v) is 27.3. The zero-order valence-electron chi connectivity index (χ0n) is 23.3. The van der Waals surface area contributed by atoms with Crippen molar-refractivity contribution in [3.8, 4) is 28.6 Å². The highest BCUT2D eigenvalue weighted by molar-refractivity contribution is 9.11. The molecule has 4 aromatic rings. The Hall–Kier alpha value is -3.61. The lowest BCUT2D eigenvalue weighted by molar-refractivity contribution is -0.139. The van der Waals surface area contributed by atoms with E-state index in [-0.39, 0.29) is 17.7 Å². The van der Waals surface area contributed by atoms with E-state index < -0.39 is 12.0 Å². The summed E-state index contributed by atoms with van der Waals surface area (Å²) in [6, 6.07) is 12.0. The molecule has 3 heterocycles. The Morgan fingerprint density at radius 2 is 1.79 bits per heavy atom. The van der Waals surface area contributed by atoms with E-state index in [0.29, 0.717) is 49.4 Å². The van der Waals surface area contributed by atoms with E-state index >= 15 is 0 Å². The number of nitrogens with zero attached hydrogens (tertiary/aromatic N) is 2. The first-order valence-electron chi connectivity index (χ1n) is 12.8. The van der Waals surface area contributed by atoms with Crippen LogP contribution in [0.4, 0.5) is 0 Å². The van der Waals surface area contributed by atoms with Crippen LogP contribution in [0.15, 0.2) is 76.9 Å². The summed E-state index contributed by atoms with van der Waals surface area (Å²) in [6.07, 6.45) is 1.68. The van der Waals surface area contributed by atoms with Crippen LogP contribution in [-0.2, 0) is 9.53 Å². The largest absolute Gasteiger partial charge is 0.493 e. The summed E-state index contributed by atoms with van der Waals surface area (Å²) in [6.45, 7) is 3.61. The number of benzene rings is 2. The van der Waals surface area contributed by atoms with Crippen LogP contribution >= 0.6 is 43.2 Å². The van der Waals surface area contributed by atoms with E-state index in [2.05, 4.69) is 36.9 Å². The van der Waals surface area contributed by atoms with Gasteiger partial charge in [0.05, 0.1) is 49.8 Å². The van der Waals surface area contributed by atoms with Crippen molar-refractivity contribution < 1.29 is 28.2 Å². The lowest BCUT2D eigenvalue weighted by Gasteiger charge is -2.26. The summed E-state index contributed by atoms with van der Waals surface area (Å²) in [4.78, 5) is 32.3. The van der Waals surface area contributed by atoms with Crippen LogP contribution in [0.5, 0.6) is 17.2 Å². The van der Waals surface area contributed by atoms with Crippen molar-refractivity contribution in [2.75, 3.05) is 27.9 Å². The molecule has 0 spiro atoms. The molecule has 12 heteroatoms. The summed E-state index contributed by atoms with van der Waals surface area (Å²) in [5.74, 6) is 1.72. The molecule has 0 radical (unpaired) electrons. The van der Waals surface area contributed by atoms with Crippen molar-refractivity contribution in [2.45, 2.75) is 19.9 Å². The van der Waals surface area contributed by atoms with Crippen LogP contribution in [0.3, 0.4) is 0 Å². The molecule has 218 valence electrons. The van der Waals surface area contributed by atoms with Crippen molar-refractivity contribution in [2.24, 2.45) is 4.99 Å². The number of furan rings is 1. The number of esters is 1. The topological polar surface area (TPSA) is 101 Å². The molecule has 9 nitrogen and oxygen atoms in total. The minimum Gasteiger partial charge on any atom is -0.493 e. The van der Waals surface area contributed by atoms with Gasteiger partial charge in [-0.05, 0) is 61.9 Å². The Morgan fingerprint density at radius 1 is 1.07 bits per heavy atom. The summed E-state index contributed by atoms with van der Waals surface area (Å²) < 4.78 is 31.8. The number of hydrogen-bond donors (Lipinski definition) is 0. The molecule has 2 aromatic heterocycles. The highest BCUT2D eigenvalue weighted by Gasteiger charge is 2.34. The van der Waals surface area contributed by atoms with Gasteiger partial charge in [-0.25, -0.2) is 9.79 Å². The summed E-state index contributed by atoms with van der Waals surface area (Å²) >= 11 is 8.26. The van der Waals surface area contributed by atoms with Gasteiger partial charge >= 0.3 is 5.97 Å². The van der Waals surface area contributed by atoms with Crippen molar-refractivity contribution in [3.63, 3.8) is 0 Å². The van der Waals surface area contributed by atoms with Gasteiger partial charge in [0.1, 0.15) is 11.5 Å². The number of hydrogen-bond acceptors (Lipinski definition) is 9. The van der Waals surface area contributed by atoms with Gasteiger partial charge in [0, 0.05) is 20.6 Å². The molecule has 5 rings (SSSR count). The second kappa shape index (κ2) is 12.3. The standard InChI is InChI=1S/C30H26Br2N2O7S/c1-6-40-29(36)25-15(2)33-30-34(26(25)16-11-22(37-3)27(39-5)23(12-16)38-4)28(35)24(42-30)14-18-8-10-21(41-18)19-13-17(31)7-9-20(19)32/h7-14,26H,6H2,1-5H3/b24-14+/t26-/m0/s1. The number of allylic oxidation sites excluding steroid dienone is 1. The van der Waals surface area contributed by atoms with Gasteiger partial charge in [0.2, 0.25) is 5.75 Å². The third-order valence-electron chi connectivity index (χ3n) is 6.61. The van der Waals surface area contributed by atoms with E-state index in [0.717, 1.165) is 14.5 Å². The fourth-order valence-corrected chi connectivity index (χ4v) is 6.59. The van der Waals surface area contributed by atoms with E-state index in [1.54, 1.807) is 38.1 Å². The van der Waals surface area contributed by atoms with Crippen molar-refractivity contribution in [1.82, 2.24) is 4.57 Å². The summed E-state index contributed by atoms with van der Waals surface area (Å²) in [7, 11) is 4.51. The van der Waals surface area contributed by atoms with Gasteiger partial charge < -0.3 is 23.4 Å². The number of fused-ring (bicyclic) bond motifs is 1. The molecule has 0 saturated heterocycles. The first-order valence-corrected chi connectivity index (χ1v) is 15.2. The Kier molecular flexibility index (Phi) is 8.76. The van der Waals surface area contributed by atoms with Crippen molar-refractivity contribution >= 4 is 55.2 Å². The molecular formula is C30H26Br2N2O7S. The average Bonchev–Trinajstić information content (AvgIpc) is 3.56. The number of methoxy groups -OCH3 is 3. The molecule has 1 atom stereocenters. The average molecular weight is 718 g/mol. The lowest BCUT2D eigenvalue weighted by atomic mass is 9.95. The Balaban J connectivity index is 1.69. The number of rotatable bonds is 8. The molecular weight excluding hydrogens is 692 g/mol. The van der Waals surface area contributed by atoms with Gasteiger partial charge in [0.15, 0.2) is 16.3 Å². The molecule has 1 aliphatic heterocycles. The highest BCUT2D eigenvalue weighted by atomic mass is 79.9. The molecule has 0 amide bonds. The molecule has 0 saturated carbocycles. The number of aromatic nitrogens is 1. The van der Waals surface area contributed by atoms with Crippen LogP contribution < -0.4 is 29.1 Å². The van der Waals surface area contributed by atoms with Crippen molar-refractivity contribution in [3.05, 3.63) is 93.7 Å². The predicted octanol–water partition coefficient (Wildman–Crippen LogP) is 5.61. The molecule has 0 unspecified atom stereocenters. The normalized spacial score (nSPS) is 14.8. The third kappa shape index (κ3) is 5.46. The van der Waals surface area contributed by atoms with E-state index in [4.69, 9.17) is 23.4 Å². The maximum atomic E-state index is 14.0. The maximum absolute atomic E-state index is 14.0. The summed E-state index contributed by atoms with van der Waals surface area (Å²) in [5, 5.41) is 0. The second-order valence-electron chi connectivity index (χ2n) is 9.09. The number of halogens is 2. The molecule has 0 N–H and O–H groups in total. The third-order valence-corrected chi connectivity index (χ3v) is 8.78. The monoisotopic (exact) mass is 716 g/mol. The lowest BCUT2D eigenvalue weighted by Crippen LogP contribution is -2.40. The number of thiazole rings is 1. The minimum absolute atomic E-state index is 0.164. The van der Waals surface area contributed by atoms with E-state index in [1.165, 1.54) is 37.2 Å². The summed E-state index contributed by atoms with van der Waals surface area (Å²) in [5.41, 5.74) is 1.77.